The van der Waals surface area contributed by atoms with Crippen LogP contribution >= 0.6 is 11.6 Å². The lowest BCUT2D eigenvalue weighted by molar-refractivity contribution is 0.302. The third kappa shape index (κ3) is 3.21. The highest BCUT2D eigenvalue weighted by molar-refractivity contribution is 6.17. The average molecular weight is 283 g/mol. The van der Waals surface area contributed by atoms with Crippen molar-refractivity contribution in [2.24, 2.45) is 5.92 Å². The summed E-state index contributed by atoms with van der Waals surface area (Å²) in [6.07, 6.45) is 2.00. The molecule has 0 aromatic carbocycles. The Balaban J connectivity index is 2.43. The maximum Gasteiger partial charge on any atom is 0.255 e. The molecule has 0 spiro atoms. The molecule has 0 radical (unpaired) electrons. The van der Waals surface area contributed by atoms with Crippen LogP contribution in [0, 0.1) is 5.92 Å². The van der Waals surface area contributed by atoms with Crippen molar-refractivity contribution in [2.45, 2.75) is 45.7 Å². The number of pyridine rings is 1. The first-order valence-electron chi connectivity index (χ1n) is 7.02. The largest absolute Gasteiger partial charge is 0.312 e. The molecule has 1 aliphatic heterocycles. The predicted molar refractivity (Wildman–Crippen MR) is 79.8 cm³/mol. The standard InChI is InChI=1S/C15H23ClN2O/c1-11(2)4-7-18-14-5-6-17(3)10-13(14)8-12(9-16)15(18)19/h8,11H,4-7,9-10H2,1-3H3. The number of hydrogen-bond donors (Lipinski definition) is 0. The molecule has 0 fully saturated rings. The number of aromatic nitrogens is 1. The Bertz CT molecular complexity index is 508. The third-order valence-electron chi connectivity index (χ3n) is 3.81. The van der Waals surface area contributed by atoms with Crippen LogP contribution in [0.5, 0.6) is 0 Å². The van der Waals surface area contributed by atoms with Crippen molar-refractivity contribution in [1.82, 2.24) is 9.47 Å². The minimum absolute atomic E-state index is 0.110. The van der Waals surface area contributed by atoms with E-state index >= 15 is 0 Å². The number of alkyl halides is 1. The van der Waals surface area contributed by atoms with E-state index in [0.29, 0.717) is 11.8 Å². The molecule has 4 heteroatoms. The van der Waals surface area contributed by atoms with Gasteiger partial charge in [-0.2, -0.15) is 0 Å². The molecule has 1 aromatic heterocycles. The quantitative estimate of drug-likeness (QED) is 0.793. The van der Waals surface area contributed by atoms with E-state index in [9.17, 15) is 4.79 Å². The molecule has 0 unspecified atom stereocenters. The fourth-order valence-electron chi connectivity index (χ4n) is 2.64. The van der Waals surface area contributed by atoms with Crippen molar-refractivity contribution in [3.8, 4) is 0 Å². The Labute approximate surface area is 120 Å². The second-order valence-electron chi connectivity index (χ2n) is 5.90. The molecule has 0 saturated carbocycles. The minimum atomic E-state index is 0.110. The van der Waals surface area contributed by atoms with Gasteiger partial charge in [-0.1, -0.05) is 13.8 Å². The number of rotatable bonds is 4. The van der Waals surface area contributed by atoms with Crippen LogP contribution in [0.2, 0.25) is 0 Å². The van der Waals surface area contributed by atoms with E-state index in [1.165, 1.54) is 11.3 Å². The van der Waals surface area contributed by atoms with Gasteiger partial charge in [-0.05, 0) is 31.0 Å². The SMILES string of the molecule is CC(C)CCn1c2c(cc(CCl)c1=O)CN(C)CC2. The lowest BCUT2D eigenvalue weighted by Gasteiger charge is -2.28. The monoisotopic (exact) mass is 282 g/mol. The predicted octanol–water partition coefficient (Wildman–Crippen LogP) is 2.62. The Morgan fingerprint density at radius 3 is 2.79 bits per heavy atom. The smallest absolute Gasteiger partial charge is 0.255 e. The molecule has 0 atom stereocenters. The van der Waals surface area contributed by atoms with E-state index in [-0.39, 0.29) is 5.56 Å². The van der Waals surface area contributed by atoms with Gasteiger partial charge in [-0.3, -0.25) is 4.79 Å². The molecule has 1 aromatic rings. The lowest BCUT2D eigenvalue weighted by Crippen LogP contribution is -2.35. The first-order valence-corrected chi connectivity index (χ1v) is 7.55. The average Bonchev–Trinajstić information content (AvgIpc) is 2.37. The van der Waals surface area contributed by atoms with Crippen LogP contribution in [-0.2, 0) is 25.4 Å². The van der Waals surface area contributed by atoms with Crippen LogP contribution in [0.3, 0.4) is 0 Å². The van der Waals surface area contributed by atoms with Gasteiger partial charge >= 0.3 is 0 Å². The van der Waals surface area contributed by atoms with Gasteiger partial charge in [0.2, 0.25) is 0 Å². The minimum Gasteiger partial charge on any atom is -0.312 e. The van der Waals surface area contributed by atoms with E-state index in [2.05, 4.69) is 25.8 Å². The molecular weight excluding hydrogens is 260 g/mol. The Morgan fingerprint density at radius 2 is 2.16 bits per heavy atom. The number of hydrogen-bond acceptors (Lipinski definition) is 2. The summed E-state index contributed by atoms with van der Waals surface area (Å²) in [4.78, 5) is 14.7. The summed E-state index contributed by atoms with van der Waals surface area (Å²) in [6.45, 7) is 7.14. The molecule has 1 aliphatic rings. The van der Waals surface area contributed by atoms with Gasteiger partial charge in [0.25, 0.3) is 5.56 Å². The number of likely N-dealkylation sites (N-methyl/N-ethyl adjacent to an activating group) is 1. The molecule has 2 heterocycles. The number of fused-ring (bicyclic) bond motifs is 1. The molecule has 0 saturated heterocycles. The number of halogens is 1. The maximum absolute atomic E-state index is 12.4. The fraction of sp³-hybridized carbons (Fsp3) is 0.667. The second-order valence-corrected chi connectivity index (χ2v) is 6.17. The first-order chi connectivity index (χ1) is 9.02. The van der Waals surface area contributed by atoms with Crippen LogP contribution in [0.4, 0.5) is 0 Å². The van der Waals surface area contributed by atoms with Crippen molar-refractivity contribution in [2.75, 3.05) is 13.6 Å². The molecule has 106 valence electrons. The van der Waals surface area contributed by atoms with Crippen LogP contribution < -0.4 is 5.56 Å². The van der Waals surface area contributed by atoms with Crippen LogP contribution in [0.25, 0.3) is 0 Å². The summed E-state index contributed by atoms with van der Waals surface area (Å²) in [5.74, 6) is 0.908. The number of nitrogens with zero attached hydrogens (tertiary/aromatic N) is 2. The topological polar surface area (TPSA) is 25.2 Å². The summed E-state index contributed by atoms with van der Waals surface area (Å²) < 4.78 is 1.97. The van der Waals surface area contributed by atoms with E-state index < -0.39 is 0 Å². The van der Waals surface area contributed by atoms with Gasteiger partial charge < -0.3 is 9.47 Å². The molecule has 0 aliphatic carbocycles. The molecule has 3 nitrogen and oxygen atoms in total. The van der Waals surface area contributed by atoms with E-state index in [4.69, 9.17) is 11.6 Å². The highest BCUT2D eigenvalue weighted by Gasteiger charge is 2.19. The molecule has 2 rings (SSSR count). The third-order valence-corrected chi connectivity index (χ3v) is 4.10. The Morgan fingerprint density at radius 1 is 1.42 bits per heavy atom. The zero-order valence-electron chi connectivity index (χ0n) is 12.1. The summed E-state index contributed by atoms with van der Waals surface area (Å²) in [5, 5.41) is 0. The highest BCUT2D eigenvalue weighted by Crippen LogP contribution is 2.19. The van der Waals surface area contributed by atoms with Crippen molar-refractivity contribution in [1.29, 1.82) is 0 Å². The van der Waals surface area contributed by atoms with Gasteiger partial charge in [0.15, 0.2) is 0 Å². The van der Waals surface area contributed by atoms with Crippen molar-refractivity contribution in [3.63, 3.8) is 0 Å². The second kappa shape index (κ2) is 6.10. The van der Waals surface area contributed by atoms with E-state index in [1.807, 2.05) is 10.6 Å². The van der Waals surface area contributed by atoms with E-state index in [0.717, 1.165) is 38.0 Å². The first kappa shape index (κ1) is 14.6. The van der Waals surface area contributed by atoms with Crippen molar-refractivity contribution < 1.29 is 0 Å². The Kier molecular flexibility index (Phi) is 4.69. The summed E-state index contributed by atoms with van der Waals surface area (Å²) in [6, 6.07) is 2.01. The summed E-state index contributed by atoms with van der Waals surface area (Å²) in [5.41, 5.74) is 3.34. The van der Waals surface area contributed by atoms with Gasteiger partial charge in [-0.25, -0.2) is 0 Å². The molecule has 19 heavy (non-hydrogen) atoms. The lowest BCUT2D eigenvalue weighted by atomic mass is 10.0. The molecule has 0 bridgehead atoms. The van der Waals surface area contributed by atoms with Gasteiger partial charge in [-0.15, -0.1) is 11.6 Å². The van der Waals surface area contributed by atoms with Gasteiger partial charge in [0, 0.05) is 37.3 Å². The highest BCUT2D eigenvalue weighted by atomic mass is 35.5. The van der Waals surface area contributed by atoms with Crippen molar-refractivity contribution in [3.05, 3.63) is 33.2 Å². The van der Waals surface area contributed by atoms with Crippen LogP contribution in [-0.4, -0.2) is 23.1 Å². The molecule has 0 N–H and O–H groups in total. The van der Waals surface area contributed by atoms with Gasteiger partial charge in [0.05, 0.1) is 5.88 Å². The zero-order valence-corrected chi connectivity index (χ0v) is 12.8. The van der Waals surface area contributed by atoms with E-state index in [1.54, 1.807) is 0 Å². The molecule has 0 amide bonds. The van der Waals surface area contributed by atoms with Crippen LogP contribution in [0.15, 0.2) is 10.9 Å². The zero-order chi connectivity index (χ0) is 14.0. The Hall–Kier alpha value is -0.800. The molecular formula is C15H23ClN2O. The van der Waals surface area contributed by atoms with Crippen molar-refractivity contribution >= 4 is 11.6 Å². The maximum atomic E-state index is 12.4. The summed E-state index contributed by atoms with van der Waals surface area (Å²) >= 11 is 5.92. The fourth-order valence-corrected chi connectivity index (χ4v) is 2.83. The van der Waals surface area contributed by atoms with Gasteiger partial charge in [0.1, 0.15) is 0 Å². The summed E-state index contributed by atoms with van der Waals surface area (Å²) in [7, 11) is 2.12. The normalized spacial score (nSPS) is 15.8. The van der Waals surface area contributed by atoms with Crippen LogP contribution in [0.1, 0.15) is 37.1 Å².